The lowest BCUT2D eigenvalue weighted by atomic mass is 10.3. The van der Waals surface area contributed by atoms with E-state index in [4.69, 9.17) is 78.6 Å². The summed E-state index contributed by atoms with van der Waals surface area (Å²) in [5.74, 6) is 5.30. The standard InChI is InChI=1S/C17H21Cl2NO2S.C12H13Cl2NO.C5H9BrOS.C2HF3O2/c1-3-8-20(10-5-12-23-14(2)21)9-4-11-22-17-7-6-15(18)13-16(17)19;1-2-6-15-7-3-8-16-12-5-4-10(13)9-11(12)14;1-5(7)8-4-2-3-6;3-2(4,5)1(6)7/h1,6-7,13H,4-5,8-12H2,2H3;1,4-5,9,15H,3,6-8H2;2-4H2,1H3;(H,6,7). The van der Waals surface area contributed by atoms with Gasteiger partial charge >= 0.3 is 6.18 Å². The van der Waals surface area contributed by atoms with Gasteiger partial charge in [0.1, 0.15) is 24.0 Å². The average Bonchev–Trinajstić information content (AvgIpc) is 3.08. The average molecular weight is 944 g/mol. The van der Waals surface area contributed by atoms with Gasteiger partial charge in [-0.05, 0) is 68.1 Å². The number of nitrogens with zero attached hydrogens (tertiary/aromatic N) is 1. The van der Waals surface area contributed by atoms with Gasteiger partial charge in [-0.15, -0.1) is 12.8 Å². The molecule has 0 aliphatic carbocycles. The molecule has 0 atom stereocenters. The molecule has 8 nitrogen and oxygen atoms in total. The Morgan fingerprint density at radius 2 is 1.30 bits per heavy atom. The highest BCUT2D eigenvalue weighted by Crippen LogP contribution is 2.28. The zero-order chi connectivity index (χ0) is 41.4. The molecule has 0 aromatic heterocycles. The van der Waals surface area contributed by atoms with Crippen LogP contribution in [0.25, 0.3) is 0 Å². The molecular weight excluding hydrogens is 899 g/mol. The van der Waals surface area contributed by atoms with Gasteiger partial charge < -0.3 is 24.7 Å². The van der Waals surface area contributed by atoms with Crippen LogP contribution >= 0.6 is 85.9 Å². The highest BCUT2D eigenvalue weighted by molar-refractivity contribution is 9.09. The van der Waals surface area contributed by atoms with E-state index in [2.05, 4.69) is 38.0 Å². The van der Waals surface area contributed by atoms with Crippen molar-refractivity contribution in [2.24, 2.45) is 0 Å². The molecule has 0 aliphatic rings. The molecule has 2 aromatic carbocycles. The van der Waals surface area contributed by atoms with Crippen LogP contribution in [0.3, 0.4) is 0 Å². The molecular formula is C36H44BrCl4F3N2O6S2. The van der Waals surface area contributed by atoms with Crippen molar-refractivity contribution in [1.29, 1.82) is 0 Å². The summed E-state index contributed by atoms with van der Waals surface area (Å²) in [6.45, 7) is 8.37. The molecule has 0 aliphatic heterocycles. The maximum atomic E-state index is 10.9. The quantitative estimate of drug-likeness (QED) is 0.0862. The number of carboxylic acid groups (broad SMARTS) is 1. The monoisotopic (exact) mass is 940 g/mol. The Balaban J connectivity index is 0. The number of carbonyl (C=O) groups is 3. The predicted molar refractivity (Wildman–Crippen MR) is 219 cm³/mol. The van der Waals surface area contributed by atoms with E-state index in [1.807, 2.05) is 0 Å². The van der Waals surface area contributed by atoms with Crippen LogP contribution in [-0.4, -0.2) is 90.0 Å². The lowest BCUT2D eigenvalue weighted by Crippen LogP contribution is -2.84. The fourth-order valence-electron chi connectivity index (χ4n) is 3.42. The highest BCUT2D eigenvalue weighted by Gasteiger charge is 2.28. The van der Waals surface area contributed by atoms with Crippen molar-refractivity contribution >= 4 is 102 Å². The molecule has 0 saturated carbocycles. The number of thioether (sulfide) groups is 2. The van der Waals surface area contributed by atoms with E-state index in [1.165, 1.54) is 23.5 Å². The molecule has 302 valence electrons. The number of ether oxygens (including phenoxy) is 2. The minimum absolute atomic E-state index is 0.154. The lowest BCUT2D eigenvalue weighted by Gasteiger charge is -2.19. The Hall–Kier alpha value is -1.98. The van der Waals surface area contributed by atoms with Crippen molar-refractivity contribution < 1.29 is 47.5 Å². The van der Waals surface area contributed by atoms with Gasteiger partial charge in [-0.25, -0.2) is 0 Å². The molecule has 0 fully saturated rings. The second kappa shape index (κ2) is 34.3. The minimum Gasteiger partial charge on any atom is -0.542 e. The summed E-state index contributed by atoms with van der Waals surface area (Å²) in [5.41, 5.74) is 0. The molecule has 0 radical (unpaired) electrons. The minimum atomic E-state index is -5.19. The first-order chi connectivity index (χ1) is 25.5. The fourth-order valence-corrected chi connectivity index (χ4v) is 6.14. The Bertz CT molecular complexity index is 1470. The number of alkyl halides is 4. The third-order valence-corrected chi connectivity index (χ3v) is 9.21. The lowest BCUT2D eigenvalue weighted by molar-refractivity contribution is -0.644. The van der Waals surface area contributed by atoms with Crippen molar-refractivity contribution in [3.05, 3.63) is 56.5 Å². The molecule has 0 saturated heterocycles. The normalized spacial score (nSPS) is 10.2. The van der Waals surface area contributed by atoms with E-state index < -0.39 is 12.1 Å². The van der Waals surface area contributed by atoms with Crippen LogP contribution in [0.4, 0.5) is 13.2 Å². The topological polar surface area (TPSA) is 113 Å². The first-order valence-electron chi connectivity index (χ1n) is 16.2. The van der Waals surface area contributed by atoms with Crippen LogP contribution in [0.5, 0.6) is 11.5 Å². The molecule has 0 unspecified atom stereocenters. The Morgan fingerprint density at radius 3 is 1.70 bits per heavy atom. The van der Waals surface area contributed by atoms with Crippen LogP contribution in [0, 0.1) is 24.7 Å². The van der Waals surface area contributed by atoms with Crippen LogP contribution < -0.4 is 19.9 Å². The van der Waals surface area contributed by atoms with Crippen molar-refractivity contribution in [3.8, 4) is 36.2 Å². The van der Waals surface area contributed by atoms with Crippen molar-refractivity contribution in [2.75, 3.05) is 62.8 Å². The summed E-state index contributed by atoms with van der Waals surface area (Å²) in [6, 6.07) is 10.4. The number of hydrogen-bond acceptors (Lipinski definition) is 9. The van der Waals surface area contributed by atoms with E-state index >= 15 is 0 Å². The number of benzene rings is 2. The molecule has 2 aromatic rings. The predicted octanol–water partition coefficient (Wildman–Crippen LogP) is 7.68. The summed E-state index contributed by atoms with van der Waals surface area (Å²) < 4.78 is 42.7. The molecule has 54 heavy (non-hydrogen) atoms. The molecule has 0 heterocycles. The molecule has 0 bridgehead atoms. The number of terminal acetylenes is 2. The summed E-state index contributed by atoms with van der Waals surface area (Å²) in [7, 11) is 0. The smallest absolute Gasteiger partial charge is 0.430 e. The van der Waals surface area contributed by atoms with Gasteiger partial charge in [-0.3, -0.25) is 14.5 Å². The number of hydrogen-bond donors (Lipinski definition) is 1. The third kappa shape index (κ3) is 33.4. The van der Waals surface area contributed by atoms with E-state index in [0.29, 0.717) is 57.9 Å². The maximum Gasteiger partial charge on any atom is 0.430 e. The summed E-state index contributed by atoms with van der Waals surface area (Å²) >= 11 is 29.6. The summed E-state index contributed by atoms with van der Waals surface area (Å²) in [6.07, 6.45) is 9.12. The van der Waals surface area contributed by atoms with Crippen LogP contribution in [0.2, 0.25) is 20.1 Å². The maximum absolute atomic E-state index is 10.9. The molecule has 0 spiro atoms. The van der Waals surface area contributed by atoms with E-state index in [9.17, 15) is 22.8 Å². The first kappa shape index (κ1) is 54.1. The number of halogens is 8. The van der Waals surface area contributed by atoms with Crippen LogP contribution in [0.1, 0.15) is 39.5 Å². The van der Waals surface area contributed by atoms with Gasteiger partial charge in [0.2, 0.25) is 0 Å². The van der Waals surface area contributed by atoms with Gasteiger partial charge in [0.25, 0.3) is 0 Å². The zero-order valence-corrected chi connectivity index (χ0v) is 36.1. The first-order valence-corrected chi connectivity index (χ1v) is 20.8. The molecule has 0 amide bonds. The van der Waals surface area contributed by atoms with E-state index in [-0.39, 0.29) is 10.2 Å². The van der Waals surface area contributed by atoms with Crippen LogP contribution in [0.15, 0.2) is 36.4 Å². The number of quaternary nitrogens is 1. The molecule has 18 heteroatoms. The number of carbonyl (C=O) groups excluding carboxylic acids is 3. The Labute approximate surface area is 353 Å². The SMILES string of the molecule is C#CCN(CCCOc1ccc(Cl)cc1Cl)CCCSC(C)=O.C#CC[NH2+]CCCOc1ccc(Cl)cc1Cl.CC(=O)SCCCBr.O=C([O-])C(F)(F)F. The Morgan fingerprint density at radius 1 is 0.833 bits per heavy atom. The number of nitrogens with two attached hydrogens (primary N) is 1. The fraction of sp³-hybridized carbons (Fsp3) is 0.472. The number of rotatable bonds is 19. The van der Waals surface area contributed by atoms with Gasteiger partial charge in [0.05, 0.1) is 36.3 Å². The van der Waals surface area contributed by atoms with Gasteiger partial charge in [0, 0.05) is 53.7 Å². The van der Waals surface area contributed by atoms with E-state index in [0.717, 1.165) is 62.2 Å². The zero-order valence-electron chi connectivity index (χ0n) is 29.8. The van der Waals surface area contributed by atoms with Gasteiger partial charge in [0.15, 0.2) is 10.2 Å². The highest BCUT2D eigenvalue weighted by atomic mass is 79.9. The van der Waals surface area contributed by atoms with E-state index in [1.54, 1.807) is 50.2 Å². The van der Waals surface area contributed by atoms with Crippen molar-refractivity contribution in [1.82, 2.24) is 4.90 Å². The molecule has 2 N–H and O–H groups in total. The second-order valence-corrected chi connectivity index (χ2v) is 15.4. The van der Waals surface area contributed by atoms with Gasteiger partial charge in [-0.1, -0.05) is 91.8 Å². The van der Waals surface area contributed by atoms with Gasteiger partial charge in [-0.2, -0.15) is 13.2 Å². The number of carboxylic acids is 1. The van der Waals surface area contributed by atoms with Crippen molar-refractivity contribution in [2.45, 2.75) is 45.7 Å². The number of aliphatic carboxylic acids is 1. The Kier molecular flexibility index (Phi) is 34.4. The second-order valence-electron chi connectivity index (χ2n) is 10.4. The van der Waals surface area contributed by atoms with Crippen LogP contribution in [-0.2, 0) is 14.4 Å². The summed E-state index contributed by atoms with van der Waals surface area (Å²) in [5, 5.41) is 14.5. The van der Waals surface area contributed by atoms with Crippen molar-refractivity contribution in [3.63, 3.8) is 0 Å². The largest absolute Gasteiger partial charge is 0.542 e. The molecule has 2 rings (SSSR count). The third-order valence-electron chi connectivity index (χ3n) is 5.79. The summed E-state index contributed by atoms with van der Waals surface area (Å²) in [4.78, 5) is 32.1.